The van der Waals surface area contributed by atoms with Crippen LogP contribution < -0.4 is 0 Å². The molecule has 0 bridgehead atoms. The van der Waals surface area contributed by atoms with Crippen molar-refractivity contribution in [3.05, 3.63) is 0 Å². The zero-order chi connectivity index (χ0) is 14.3. The second kappa shape index (κ2) is 8.15. The smallest absolute Gasteiger partial charge is 0.305 e. The first kappa shape index (κ1) is 16.0. The van der Waals surface area contributed by atoms with Crippen molar-refractivity contribution < 1.29 is 14.3 Å². The molecule has 1 heterocycles. The normalized spacial score (nSPS) is 22.7. The molecule has 0 aromatic heterocycles. The molecule has 0 unspecified atom stereocenters. The summed E-state index contributed by atoms with van der Waals surface area (Å²) in [4.78, 5) is 11.2. The van der Waals surface area contributed by atoms with Crippen LogP contribution in [0.25, 0.3) is 0 Å². The Bertz CT molecular complexity index is 307. The van der Waals surface area contributed by atoms with Crippen LogP contribution in [0.4, 0.5) is 0 Å². The van der Waals surface area contributed by atoms with E-state index in [9.17, 15) is 4.79 Å². The summed E-state index contributed by atoms with van der Waals surface area (Å²) in [6, 6.07) is 0.393. The van der Waals surface area contributed by atoms with Gasteiger partial charge in [-0.15, -0.1) is 0 Å². The van der Waals surface area contributed by atoms with Gasteiger partial charge in [0.15, 0.2) is 0 Å². The Labute approximate surface area is 115 Å². The van der Waals surface area contributed by atoms with Crippen LogP contribution in [0.2, 0.25) is 0 Å². The number of rotatable bonds is 7. The molecule has 1 aliphatic rings. The molecule has 110 valence electrons. The van der Waals surface area contributed by atoms with Crippen molar-refractivity contribution in [1.82, 2.24) is 5.01 Å². The molecule has 0 saturated carbocycles. The lowest BCUT2D eigenvalue weighted by molar-refractivity contribution is -0.141. The summed E-state index contributed by atoms with van der Waals surface area (Å²) in [5, 5.41) is 6.66. The number of carbonyl (C=O) groups is 1. The molecule has 0 amide bonds. The highest BCUT2D eigenvalue weighted by Gasteiger charge is 2.23. The molecule has 0 aliphatic carbocycles. The fourth-order valence-electron chi connectivity index (χ4n) is 2.20. The molecule has 1 saturated heterocycles. The first-order valence-corrected chi connectivity index (χ1v) is 6.95. The molecule has 0 aromatic carbocycles. The van der Waals surface area contributed by atoms with E-state index in [1.165, 1.54) is 7.11 Å². The lowest BCUT2D eigenvalue weighted by Gasteiger charge is -2.22. The van der Waals surface area contributed by atoms with E-state index in [1.54, 1.807) is 7.11 Å². The van der Waals surface area contributed by atoms with Crippen LogP contribution in [0, 0.1) is 11.8 Å². The first-order chi connectivity index (χ1) is 9.08. The molecule has 0 aromatic rings. The quantitative estimate of drug-likeness (QED) is 0.524. The maximum absolute atomic E-state index is 11.2. The fraction of sp³-hybridized carbons (Fsp3) is 0.857. The van der Waals surface area contributed by atoms with E-state index < -0.39 is 0 Å². The van der Waals surface area contributed by atoms with Gasteiger partial charge < -0.3 is 9.47 Å². The molecule has 19 heavy (non-hydrogen) atoms. The number of carbonyl (C=O) groups excluding carboxylic acids is 1. The summed E-state index contributed by atoms with van der Waals surface area (Å²) in [5.74, 6) is 0.328. The highest BCUT2D eigenvalue weighted by molar-refractivity contribution is 5.70. The predicted octanol–water partition coefficient (Wildman–Crippen LogP) is 1.92. The zero-order valence-electron chi connectivity index (χ0n) is 12.5. The maximum Gasteiger partial charge on any atom is 0.305 e. The maximum atomic E-state index is 11.2. The van der Waals surface area contributed by atoms with Crippen molar-refractivity contribution in [1.29, 1.82) is 0 Å². The SMILES string of the molecule is COC[C@H]1CCCN1/N=C/[C@@H](C)[C@@H](C)CC(=O)OC. The summed E-state index contributed by atoms with van der Waals surface area (Å²) in [6.07, 6.45) is 4.68. The number of hydrogen-bond donors (Lipinski definition) is 0. The van der Waals surface area contributed by atoms with Crippen LogP contribution in [0.15, 0.2) is 5.10 Å². The van der Waals surface area contributed by atoms with Gasteiger partial charge >= 0.3 is 5.97 Å². The van der Waals surface area contributed by atoms with Crippen molar-refractivity contribution in [3.8, 4) is 0 Å². The summed E-state index contributed by atoms with van der Waals surface area (Å²) in [6.45, 7) is 5.84. The highest BCUT2D eigenvalue weighted by atomic mass is 16.5. The Morgan fingerprint density at radius 1 is 1.47 bits per heavy atom. The van der Waals surface area contributed by atoms with E-state index in [4.69, 9.17) is 4.74 Å². The molecule has 0 N–H and O–H groups in total. The second-order valence-corrected chi connectivity index (χ2v) is 5.30. The van der Waals surface area contributed by atoms with Crippen molar-refractivity contribution in [3.63, 3.8) is 0 Å². The van der Waals surface area contributed by atoms with Crippen LogP contribution in [-0.2, 0) is 14.3 Å². The Kier molecular flexibility index (Phi) is 6.84. The van der Waals surface area contributed by atoms with Crippen LogP contribution in [0.5, 0.6) is 0 Å². The lowest BCUT2D eigenvalue weighted by atomic mass is 9.94. The minimum absolute atomic E-state index is 0.161. The molecule has 0 spiro atoms. The molecular weight excluding hydrogens is 244 g/mol. The summed E-state index contributed by atoms with van der Waals surface area (Å²) >= 11 is 0. The van der Waals surface area contributed by atoms with Crippen LogP contribution in [0.1, 0.15) is 33.1 Å². The van der Waals surface area contributed by atoms with Gasteiger partial charge in [0, 0.05) is 26.3 Å². The van der Waals surface area contributed by atoms with Gasteiger partial charge in [0.2, 0.25) is 0 Å². The van der Waals surface area contributed by atoms with Crippen LogP contribution in [0.3, 0.4) is 0 Å². The minimum Gasteiger partial charge on any atom is -0.469 e. The second-order valence-electron chi connectivity index (χ2n) is 5.30. The zero-order valence-corrected chi connectivity index (χ0v) is 12.5. The van der Waals surface area contributed by atoms with Crippen LogP contribution in [-0.4, -0.2) is 50.6 Å². The summed E-state index contributed by atoms with van der Waals surface area (Å²) in [5.41, 5.74) is 0. The van der Waals surface area contributed by atoms with Crippen molar-refractivity contribution in [2.75, 3.05) is 27.4 Å². The molecular formula is C14H26N2O3. The largest absolute Gasteiger partial charge is 0.469 e. The third kappa shape index (κ3) is 5.19. The fourth-order valence-corrected chi connectivity index (χ4v) is 2.20. The van der Waals surface area contributed by atoms with Gasteiger partial charge in [-0.2, -0.15) is 5.10 Å². The number of methoxy groups -OCH3 is 2. The number of hydrazone groups is 1. The van der Waals surface area contributed by atoms with Crippen molar-refractivity contribution in [2.45, 2.75) is 39.2 Å². The van der Waals surface area contributed by atoms with Crippen LogP contribution >= 0.6 is 0 Å². The van der Waals surface area contributed by atoms with E-state index in [0.717, 1.165) is 26.0 Å². The minimum atomic E-state index is -0.161. The third-order valence-corrected chi connectivity index (χ3v) is 3.77. The third-order valence-electron chi connectivity index (χ3n) is 3.77. The number of esters is 1. The molecule has 5 nitrogen and oxygen atoms in total. The average molecular weight is 270 g/mol. The van der Waals surface area contributed by atoms with Crippen molar-refractivity contribution in [2.24, 2.45) is 16.9 Å². The Hall–Kier alpha value is -1.10. The van der Waals surface area contributed by atoms with E-state index in [1.807, 2.05) is 13.1 Å². The van der Waals surface area contributed by atoms with Gasteiger partial charge in [0.05, 0.1) is 19.8 Å². The van der Waals surface area contributed by atoms with Crippen molar-refractivity contribution >= 4 is 12.2 Å². The lowest BCUT2D eigenvalue weighted by Crippen LogP contribution is -2.29. The topological polar surface area (TPSA) is 51.1 Å². The summed E-state index contributed by atoms with van der Waals surface area (Å²) in [7, 11) is 3.15. The van der Waals surface area contributed by atoms with E-state index in [-0.39, 0.29) is 17.8 Å². The molecule has 1 fully saturated rings. The molecule has 5 heteroatoms. The van der Waals surface area contributed by atoms with Gasteiger partial charge in [0.1, 0.15) is 0 Å². The standard InChI is InChI=1S/C14H26N2O3/c1-11(8-14(17)19-4)12(2)9-15-16-7-5-6-13(16)10-18-3/h9,11-13H,5-8,10H2,1-4H3/b15-9+/t11-,12+,13+/m0/s1. The molecule has 1 rings (SSSR count). The first-order valence-electron chi connectivity index (χ1n) is 6.95. The predicted molar refractivity (Wildman–Crippen MR) is 75.1 cm³/mol. The van der Waals surface area contributed by atoms with Gasteiger partial charge in [-0.3, -0.25) is 9.80 Å². The number of ether oxygens (including phenoxy) is 2. The Balaban J connectivity index is 2.43. The van der Waals surface area contributed by atoms with E-state index in [0.29, 0.717) is 12.5 Å². The van der Waals surface area contributed by atoms with E-state index in [2.05, 4.69) is 21.8 Å². The number of nitrogens with zero attached hydrogens (tertiary/aromatic N) is 2. The Morgan fingerprint density at radius 2 is 2.21 bits per heavy atom. The monoisotopic (exact) mass is 270 g/mol. The average Bonchev–Trinajstić information content (AvgIpc) is 2.83. The molecule has 0 radical (unpaired) electrons. The van der Waals surface area contributed by atoms with Gasteiger partial charge in [-0.1, -0.05) is 13.8 Å². The summed E-state index contributed by atoms with van der Waals surface area (Å²) < 4.78 is 9.89. The van der Waals surface area contributed by atoms with Gasteiger partial charge in [0.25, 0.3) is 0 Å². The molecule has 3 atom stereocenters. The van der Waals surface area contributed by atoms with Gasteiger partial charge in [-0.25, -0.2) is 0 Å². The molecule has 1 aliphatic heterocycles. The Morgan fingerprint density at radius 3 is 2.84 bits per heavy atom. The highest BCUT2D eigenvalue weighted by Crippen LogP contribution is 2.19. The van der Waals surface area contributed by atoms with Gasteiger partial charge in [-0.05, 0) is 24.7 Å². The van der Waals surface area contributed by atoms with E-state index >= 15 is 0 Å². The number of hydrogen-bond acceptors (Lipinski definition) is 5.